The normalized spacial score (nSPS) is 55.5. The number of ketones is 1. The van der Waals surface area contributed by atoms with Crippen molar-refractivity contribution >= 4 is 5.78 Å². The van der Waals surface area contributed by atoms with Crippen molar-refractivity contribution in [2.24, 2.45) is 16.7 Å². The molecule has 0 spiro atoms. The molecule has 366 valence electrons. The summed E-state index contributed by atoms with van der Waals surface area (Å²) in [7, 11) is 1.51. The zero-order valence-corrected chi connectivity index (χ0v) is 38.5. The molecule has 4 aliphatic heterocycles. The molecule has 0 radical (unpaired) electrons. The molecule has 8 N–H and O–H groups in total. The summed E-state index contributed by atoms with van der Waals surface area (Å²) >= 11 is 0. The lowest BCUT2D eigenvalue weighted by molar-refractivity contribution is -0.344. The van der Waals surface area contributed by atoms with Crippen LogP contribution in [0.1, 0.15) is 119 Å². The lowest BCUT2D eigenvalue weighted by Gasteiger charge is -2.66. The summed E-state index contributed by atoms with van der Waals surface area (Å²) in [4.78, 5) is 12.7. The first-order valence-corrected chi connectivity index (χ1v) is 23.5. The van der Waals surface area contributed by atoms with Crippen LogP contribution in [0.2, 0.25) is 0 Å². The van der Waals surface area contributed by atoms with Gasteiger partial charge in [-0.3, -0.25) is 4.79 Å². The highest BCUT2D eigenvalue weighted by atomic mass is 16.8. The van der Waals surface area contributed by atoms with Crippen molar-refractivity contribution in [1.29, 1.82) is 0 Å². The Hall–Kier alpha value is -1.27. The number of Topliss-reactive ketones (excluding diaryl/α,β-unsaturated/α-hetero) is 1. The van der Waals surface area contributed by atoms with Crippen LogP contribution in [0.4, 0.5) is 0 Å². The Bertz CT molecular complexity index is 1680. The van der Waals surface area contributed by atoms with Gasteiger partial charge in [0.05, 0.1) is 66.5 Å². The number of hydrogen-bond donors (Lipinski definition) is 8. The van der Waals surface area contributed by atoms with Crippen LogP contribution in [0.25, 0.3) is 0 Å². The number of hydrogen-bond acceptors (Lipinski definition) is 18. The van der Waals surface area contributed by atoms with Gasteiger partial charge in [-0.05, 0) is 85.0 Å². The number of methoxy groups -OCH3 is 1. The van der Waals surface area contributed by atoms with Gasteiger partial charge in [0, 0.05) is 38.7 Å². The van der Waals surface area contributed by atoms with Gasteiger partial charge in [0.25, 0.3) is 0 Å². The summed E-state index contributed by atoms with van der Waals surface area (Å²) in [6.07, 6.45) is -9.21. The first-order chi connectivity index (χ1) is 30.0. The summed E-state index contributed by atoms with van der Waals surface area (Å²) in [6.45, 7) is 11.9. The second-order valence-electron chi connectivity index (χ2n) is 20.9. The molecule has 0 bridgehead atoms. The fraction of sp³-hybridized carbons (Fsp3) is 0.935. The minimum Gasteiger partial charge on any atom is -0.392 e. The zero-order valence-electron chi connectivity index (χ0n) is 38.5. The Kier molecular flexibility index (Phi) is 13.8. The molecular weight excluding hydrogens is 840 g/mol. The molecule has 7 fully saturated rings. The third-order valence-corrected chi connectivity index (χ3v) is 17.3. The van der Waals surface area contributed by atoms with E-state index in [4.69, 9.17) is 42.6 Å². The zero-order chi connectivity index (χ0) is 46.5. The molecule has 8 aliphatic rings. The van der Waals surface area contributed by atoms with Crippen LogP contribution in [-0.2, 0) is 47.4 Å². The second kappa shape index (κ2) is 17.9. The molecule has 64 heavy (non-hydrogen) atoms. The summed E-state index contributed by atoms with van der Waals surface area (Å²) in [6, 6.07) is 0. The fourth-order valence-electron chi connectivity index (χ4n) is 13.3. The Labute approximate surface area is 375 Å². The number of aliphatic hydroxyl groups is 8. The lowest BCUT2D eigenvalue weighted by Crippen LogP contribution is -2.78. The number of rotatable bonds is 10. The van der Waals surface area contributed by atoms with E-state index in [1.807, 2.05) is 6.08 Å². The first-order valence-electron chi connectivity index (χ1n) is 23.5. The predicted octanol–water partition coefficient (Wildman–Crippen LogP) is 1.01. The summed E-state index contributed by atoms with van der Waals surface area (Å²) in [5, 5.41) is 92.0. The van der Waals surface area contributed by atoms with Gasteiger partial charge in [0.1, 0.15) is 41.2 Å². The van der Waals surface area contributed by atoms with E-state index < -0.39 is 144 Å². The largest absolute Gasteiger partial charge is 0.392 e. The molecule has 4 aliphatic carbocycles. The summed E-state index contributed by atoms with van der Waals surface area (Å²) in [5.41, 5.74) is -6.70. The van der Waals surface area contributed by atoms with Crippen LogP contribution >= 0.6 is 0 Å². The monoisotopic (exact) mass is 914 g/mol. The SMILES string of the molecule is COC1CC(OC2C(O)CC(OC3C(O)CC(OC4C(O)CC(OC5CCC6(C)C(=CCC7(O)C6CC(O)C6(C)C(O)(C(C)=O)CCC76O)C5)OC4C)OC3C)OC2C)OC(C)C1O. The Morgan fingerprint density at radius 2 is 1.16 bits per heavy atom. The van der Waals surface area contributed by atoms with Gasteiger partial charge in [-0.25, -0.2) is 0 Å². The van der Waals surface area contributed by atoms with Gasteiger partial charge >= 0.3 is 0 Å². The van der Waals surface area contributed by atoms with E-state index in [1.54, 1.807) is 27.7 Å². The van der Waals surface area contributed by atoms with Crippen LogP contribution in [0, 0.1) is 16.7 Å². The maximum atomic E-state index is 12.7. The first kappa shape index (κ1) is 49.2. The van der Waals surface area contributed by atoms with Crippen molar-refractivity contribution in [3.05, 3.63) is 11.6 Å². The Morgan fingerprint density at radius 1 is 0.672 bits per heavy atom. The average Bonchev–Trinajstić information content (AvgIpc) is 3.46. The second-order valence-corrected chi connectivity index (χ2v) is 20.9. The number of carbonyl (C=O) groups excluding carboxylic acids is 1. The third-order valence-electron chi connectivity index (χ3n) is 17.3. The van der Waals surface area contributed by atoms with Crippen molar-refractivity contribution in [1.82, 2.24) is 0 Å². The standard InChI is InChI=1S/C46H74O18/c1-21-38(52)31(56-8)19-37(57-21)64-41-24(4)60-36(18-30(41)50)63-40-23(3)59-35(17-29(40)49)62-39-22(2)58-34(16-28(39)48)61-27-10-11-42(6)26(15-27)9-12-45(54)32(42)20-33(51)43(7)44(53,25(5)47)13-14-46(43,45)55/h9,21-24,27-41,48-55H,10-20H2,1-8H3. The van der Waals surface area contributed by atoms with Crippen LogP contribution in [0.5, 0.6) is 0 Å². The molecule has 4 heterocycles. The van der Waals surface area contributed by atoms with Crippen molar-refractivity contribution in [2.75, 3.05) is 7.11 Å². The van der Waals surface area contributed by atoms with Gasteiger partial charge in [-0.1, -0.05) is 25.5 Å². The van der Waals surface area contributed by atoms with E-state index in [0.717, 1.165) is 5.57 Å². The molecule has 18 nitrogen and oxygen atoms in total. The molecule has 3 saturated carbocycles. The lowest BCUT2D eigenvalue weighted by atomic mass is 9.42. The van der Waals surface area contributed by atoms with Gasteiger partial charge in [-0.15, -0.1) is 0 Å². The predicted molar refractivity (Wildman–Crippen MR) is 222 cm³/mol. The smallest absolute Gasteiger partial charge is 0.162 e. The van der Waals surface area contributed by atoms with E-state index in [9.17, 15) is 45.6 Å². The van der Waals surface area contributed by atoms with Crippen LogP contribution in [0.3, 0.4) is 0 Å². The molecule has 0 aromatic rings. The molecule has 8 rings (SSSR count). The highest BCUT2D eigenvalue weighted by molar-refractivity contribution is 5.87. The molecule has 24 unspecified atom stereocenters. The Morgan fingerprint density at radius 3 is 1.64 bits per heavy atom. The highest BCUT2D eigenvalue weighted by Crippen LogP contribution is 2.70. The molecule has 24 atom stereocenters. The van der Waals surface area contributed by atoms with Crippen molar-refractivity contribution in [2.45, 2.75) is 247 Å². The number of fused-ring (bicyclic) bond motifs is 5. The van der Waals surface area contributed by atoms with Crippen LogP contribution < -0.4 is 0 Å². The van der Waals surface area contributed by atoms with E-state index in [2.05, 4.69) is 6.92 Å². The quantitative estimate of drug-likeness (QED) is 0.142. The Balaban J connectivity index is 0.818. The highest BCUT2D eigenvalue weighted by Gasteiger charge is 2.80. The maximum Gasteiger partial charge on any atom is 0.162 e. The van der Waals surface area contributed by atoms with E-state index in [0.29, 0.717) is 19.3 Å². The third kappa shape index (κ3) is 7.98. The molecule has 4 saturated heterocycles. The maximum absolute atomic E-state index is 12.7. The molecule has 0 amide bonds. The molecular formula is C46H74O18. The van der Waals surface area contributed by atoms with Gasteiger partial charge in [-0.2, -0.15) is 0 Å². The molecule has 0 aromatic heterocycles. The summed E-state index contributed by atoms with van der Waals surface area (Å²) in [5.74, 6) is -1.06. The van der Waals surface area contributed by atoms with Crippen LogP contribution in [-0.4, -0.2) is 181 Å². The topological polar surface area (TPSA) is 262 Å². The minimum absolute atomic E-state index is 0.0130. The van der Waals surface area contributed by atoms with Crippen molar-refractivity contribution < 1.29 is 88.3 Å². The molecule has 18 heteroatoms. The summed E-state index contributed by atoms with van der Waals surface area (Å²) < 4.78 is 54.7. The number of ether oxygens (including phenoxy) is 9. The number of aliphatic hydroxyl groups excluding tert-OH is 5. The number of carbonyl (C=O) groups is 1. The average molecular weight is 915 g/mol. The van der Waals surface area contributed by atoms with Crippen molar-refractivity contribution in [3.63, 3.8) is 0 Å². The van der Waals surface area contributed by atoms with Gasteiger partial charge in [0.15, 0.2) is 30.9 Å². The van der Waals surface area contributed by atoms with Gasteiger partial charge in [0.2, 0.25) is 0 Å². The van der Waals surface area contributed by atoms with Crippen LogP contribution in [0.15, 0.2) is 11.6 Å². The van der Waals surface area contributed by atoms with E-state index in [-0.39, 0.29) is 57.5 Å². The minimum atomic E-state index is -1.96. The van der Waals surface area contributed by atoms with E-state index >= 15 is 0 Å². The fourth-order valence-corrected chi connectivity index (χ4v) is 13.3. The van der Waals surface area contributed by atoms with E-state index in [1.165, 1.54) is 21.0 Å². The van der Waals surface area contributed by atoms with Gasteiger partial charge < -0.3 is 83.5 Å². The molecule has 0 aromatic carbocycles. The van der Waals surface area contributed by atoms with Crippen molar-refractivity contribution in [3.8, 4) is 0 Å².